The van der Waals surface area contributed by atoms with Crippen LogP contribution in [0.2, 0.25) is 10.0 Å². The van der Waals surface area contributed by atoms with Crippen LogP contribution in [0.5, 0.6) is 0 Å². The molecule has 1 atom stereocenters. The highest BCUT2D eigenvalue weighted by Gasteiger charge is 2.45. The third-order valence-corrected chi connectivity index (χ3v) is 6.09. The summed E-state index contributed by atoms with van der Waals surface area (Å²) in [5.74, 6) is 0.373. The van der Waals surface area contributed by atoms with Crippen molar-refractivity contribution in [1.29, 1.82) is 0 Å². The van der Waals surface area contributed by atoms with Gasteiger partial charge in [-0.15, -0.1) is 0 Å². The number of hydrogen-bond donors (Lipinski definition) is 2. The molecule has 1 aliphatic carbocycles. The Labute approximate surface area is 129 Å². The maximum Gasteiger partial charge on any atom is 0.242 e. The lowest BCUT2D eigenvalue weighted by Crippen LogP contribution is -2.27. The van der Waals surface area contributed by atoms with Gasteiger partial charge in [-0.2, -0.15) is 0 Å². The summed E-state index contributed by atoms with van der Waals surface area (Å²) in [6.45, 7) is 4.82. The minimum Gasteiger partial charge on any atom is -0.326 e. The molecule has 4 nitrogen and oxygen atoms in total. The molecule has 112 valence electrons. The Morgan fingerprint density at radius 3 is 2.45 bits per heavy atom. The standard InChI is InChI=1S/C13H18Cl2N2O2S/c1-13(2)5-9(13)7-17-20(18,19)12-3-8(6-16)10(14)4-11(12)15/h3-4,9,17H,5-7,16H2,1-2H3. The van der Waals surface area contributed by atoms with Crippen molar-refractivity contribution >= 4 is 33.2 Å². The van der Waals surface area contributed by atoms with Crippen LogP contribution in [0.3, 0.4) is 0 Å². The molecule has 3 N–H and O–H groups in total. The van der Waals surface area contributed by atoms with E-state index in [4.69, 9.17) is 28.9 Å². The van der Waals surface area contributed by atoms with Gasteiger partial charge in [-0.05, 0) is 35.4 Å². The van der Waals surface area contributed by atoms with E-state index in [1.165, 1.54) is 12.1 Å². The molecule has 1 aliphatic rings. The fourth-order valence-electron chi connectivity index (χ4n) is 2.15. The summed E-state index contributed by atoms with van der Waals surface area (Å²) in [6.07, 6.45) is 1.03. The highest BCUT2D eigenvalue weighted by atomic mass is 35.5. The van der Waals surface area contributed by atoms with Crippen LogP contribution in [0.15, 0.2) is 17.0 Å². The van der Waals surface area contributed by atoms with Crippen molar-refractivity contribution in [3.05, 3.63) is 27.7 Å². The molecule has 0 bridgehead atoms. The molecular formula is C13H18Cl2N2O2S. The molecule has 0 radical (unpaired) electrons. The van der Waals surface area contributed by atoms with Crippen molar-refractivity contribution in [2.24, 2.45) is 17.1 Å². The van der Waals surface area contributed by atoms with Gasteiger partial charge in [0.05, 0.1) is 5.02 Å². The average molecular weight is 337 g/mol. The summed E-state index contributed by atoms with van der Waals surface area (Å²) in [7, 11) is -3.64. The molecule has 20 heavy (non-hydrogen) atoms. The molecule has 1 aromatic carbocycles. The fourth-order valence-corrected chi connectivity index (χ4v) is 4.10. The molecular weight excluding hydrogens is 319 g/mol. The van der Waals surface area contributed by atoms with E-state index in [0.717, 1.165) is 6.42 Å². The van der Waals surface area contributed by atoms with Crippen molar-refractivity contribution in [2.45, 2.75) is 31.7 Å². The van der Waals surface area contributed by atoms with Crippen molar-refractivity contribution in [3.63, 3.8) is 0 Å². The number of hydrogen-bond acceptors (Lipinski definition) is 3. The van der Waals surface area contributed by atoms with E-state index >= 15 is 0 Å². The van der Waals surface area contributed by atoms with Gasteiger partial charge in [-0.25, -0.2) is 13.1 Å². The van der Waals surface area contributed by atoms with E-state index in [1.807, 2.05) is 0 Å². The summed E-state index contributed by atoms with van der Waals surface area (Å²) in [5, 5.41) is 0.481. The van der Waals surface area contributed by atoms with E-state index in [0.29, 0.717) is 23.0 Å². The van der Waals surface area contributed by atoms with Gasteiger partial charge in [0.15, 0.2) is 0 Å². The SMILES string of the molecule is CC1(C)CC1CNS(=O)(=O)c1cc(CN)c(Cl)cc1Cl. The predicted molar refractivity (Wildman–Crippen MR) is 81.4 cm³/mol. The fraction of sp³-hybridized carbons (Fsp3) is 0.538. The smallest absolute Gasteiger partial charge is 0.242 e. The quantitative estimate of drug-likeness (QED) is 0.868. The van der Waals surface area contributed by atoms with Crippen molar-refractivity contribution < 1.29 is 8.42 Å². The number of sulfonamides is 1. The van der Waals surface area contributed by atoms with Gasteiger partial charge < -0.3 is 5.73 Å². The minimum atomic E-state index is -3.64. The van der Waals surface area contributed by atoms with E-state index in [9.17, 15) is 8.42 Å². The van der Waals surface area contributed by atoms with E-state index in [-0.39, 0.29) is 21.9 Å². The molecule has 7 heteroatoms. The molecule has 0 heterocycles. The Bertz CT molecular complexity index is 630. The zero-order chi connectivity index (χ0) is 15.1. The van der Waals surface area contributed by atoms with Gasteiger partial charge >= 0.3 is 0 Å². The topological polar surface area (TPSA) is 72.2 Å². The first-order valence-corrected chi connectivity index (χ1v) is 8.59. The van der Waals surface area contributed by atoms with E-state index in [2.05, 4.69) is 18.6 Å². The van der Waals surface area contributed by atoms with Crippen LogP contribution in [0.4, 0.5) is 0 Å². The molecule has 0 aromatic heterocycles. The van der Waals surface area contributed by atoms with Gasteiger partial charge in [-0.3, -0.25) is 0 Å². The second-order valence-electron chi connectivity index (χ2n) is 5.82. The number of nitrogens with two attached hydrogens (primary N) is 1. The molecule has 0 aliphatic heterocycles. The monoisotopic (exact) mass is 336 g/mol. The molecule has 2 rings (SSSR count). The summed E-state index contributed by atoms with van der Waals surface area (Å²) < 4.78 is 27.2. The largest absolute Gasteiger partial charge is 0.326 e. The molecule has 0 spiro atoms. The van der Waals surface area contributed by atoms with Gasteiger partial charge in [0, 0.05) is 18.1 Å². The summed E-state index contributed by atoms with van der Waals surface area (Å²) in [5.41, 5.74) is 6.31. The Morgan fingerprint density at radius 1 is 1.35 bits per heavy atom. The average Bonchev–Trinajstić information content (AvgIpc) is 2.95. The van der Waals surface area contributed by atoms with Crippen LogP contribution in [0.25, 0.3) is 0 Å². The van der Waals surface area contributed by atoms with E-state index in [1.54, 1.807) is 0 Å². The first kappa shape index (κ1) is 16.0. The van der Waals surface area contributed by atoms with Crippen molar-refractivity contribution in [2.75, 3.05) is 6.54 Å². The van der Waals surface area contributed by atoms with Crippen LogP contribution in [0.1, 0.15) is 25.8 Å². The summed E-state index contributed by atoms with van der Waals surface area (Å²) in [4.78, 5) is 0.0301. The highest BCUT2D eigenvalue weighted by Crippen LogP contribution is 2.51. The molecule has 1 aromatic rings. The Kier molecular flexibility index (Phi) is 4.38. The van der Waals surface area contributed by atoms with Gasteiger partial charge in [0.1, 0.15) is 4.90 Å². The number of nitrogens with one attached hydrogen (secondary N) is 1. The lowest BCUT2D eigenvalue weighted by molar-refractivity contribution is 0.537. The summed E-state index contributed by atoms with van der Waals surface area (Å²) in [6, 6.07) is 2.85. The maximum absolute atomic E-state index is 12.3. The predicted octanol–water partition coefficient (Wildman–Crippen LogP) is 2.78. The Balaban J connectivity index is 2.21. The van der Waals surface area contributed by atoms with Gasteiger partial charge in [-0.1, -0.05) is 37.0 Å². The number of rotatable bonds is 5. The van der Waals surface area contributed by atoms with Crippen LogP contribution in [-0.4, -0.2) is 15.0 Å². The third-order valence-electron chi connectivity index (χ3n) is 3.85. The van der Waals surface area contributed by atoms with Crippen LogP contribution >= 0.6 is 23.2 Å². The van der Waals surface area contributed by atoms with Crippen molar-refractivity contribution in [1.82, 2.24) is 4.72 Å². The first-order chi connectivity index (χ1) is 9.17. The summed E-state index contributed by atoms with van der Waals surface area (Å²) >= 11 is 11.9. The Morgan fingerprint density at radius 2 is 1.95 bits per heavy atom. The minimum absolute atomic E-state index is 0.0301. The van der Waals surface area contributed by atoms with Gasteiger partial charge in [0.25, 0.3) is 0 Å². The lowest BCUT2D eigenvalue weighted by atomic mass is 10.1. The molecule has 0 saturated heterocycles. The second-order valence-corrected chi connectivity index (χ2v) is 8.37. The molecule has 1 unspecified atom stereocenters. The zero-order valence-electron chi connectivity index (χ0n) is 11.4. The second kappa shape index (κ2) is 5.46. The third kappa shape index (κ3) is 3.28. The highest BCUT2D eigenvalue weighted by molar-refractivity contribution is 7.89. The number of benzene rings is 1. The van der Waals surface area contributed by atoms with Crippen molar-refractivity contribution in [3.8, 4) is 0 Å². The van der Waals surface area contributed by atoms with Gasteiger partial charge in [0.2, 0.25) is 10.0 Å². The first-order valence-electron chi connectivity index (χ1n) is 6.35. The zero-order valence-corrected chi connectivity index (χ0v) is 13.7. The number of halogens is 2. The lowest BCUT2D eigenvalue weighted by Gasteiger charge is -2.11. The van der Waals surface area contributed by atoms with E-state index < -0.39 is 10.0 Å². The van der Waals surface area contributed by atoms with Crippen LogP contribution in [-0.2, 0) is 16.6 Å². The van der Waals surface area contributed by atoms with Crippen LogP contribution < -0.4 is 10.5 Å². The molecule has 1 fully saturated rings. The Hall–Kier alpha value is -0.330. The maximum atomic E-state index is 12.3. The van der Waals surface area contributed by atoms with Crippen LogP contribution in [0, 0.1) is 11.3 Å². The normalized spacial score (nSPS) is 20.9. The molecule has 1 saturated carbocycles. The molecule has 0 amide bonds.